The molecule has 0 aromatic rings. The van der Waals surface area contributed by atoms with Crippen LogP contribution in [0.3, 0.4) is 0 Å². The van der Waals surface area contributed by atoms with Crippen molar-refractivity contribution < 1.29 is 4.74 Å². The first-order valence-corrected chi connectivity index (χ1v) is 8.80. The van der Waals surface area contributed by atoms with Gasteiger partial charge in [0, 0.05) is 25.2 Å². The Hall–Kier alpha value is -0.120. The van der Waals surface area contributed by atoms with Crippen LogP contribution in [-0.4, -0.2) is 42.8 Å². The second kappa shape index (κ2) is 7.77. The zero-order valence-electron chi connectivity index (χ0n) is 13.6. The Balaban J connectivity index is 1.98. The van der Waals surface area contributed by atoms with Crippen LogP contribution >= 0.6 is 0 Å². The maximum Gasteiger partial charge on any atom is 0.0702 e. The second-order valence-electron chi connectivity index (χ2n) is 6.88. The van der Waals surface area contributed by atoms with E-state index in [1.807, 2.05) is 0 Å². The van der Waals surface area contributed by atoms with Crippen LogP contribution in [0.1, 0.15) is 65.2 Å². The number of nitrogens with zero attached hydrogens (tertiary/aromatic N) is 1. The molecule has 0 amide bonds. The largest absolute Gasteiger partial charge is 0.377 e. The zero-order chi connectivity index (χ0) is 14.4. The van der Waals surface area contributed by atoms with Crippen molar-refractivity contribution in [1.29, 1.82) is 0 Å². The molecular weight excluding hydrogens is 248 g/mol. The van der Waals surface area contributed by atoms with E-state index in [4.69, 9.17) is 10.5 Å². The van der Waals surface area contributed by atoms with E-state index in [-0.39, 0.29) is 5.54 Å². The molecule has 2 rings (SSSR count). The van der Waals surface area contributed by atoms with Crippen molar-refractivity contribution in [2.24, 2.45) is 11.7 Å². The van der Waals surface area contributed by atoms with E-state index in [1.165, 1.54) is 51.5 Å². The number of rotatable bonds is 6. The van der Waals surface area contributed by atoms with Gasteiger partial charge < -0.3 is 10.5 Å². The van der Waals surface area contributed by atoms with Crippen LogP contribution in [0.4, 0.5) is 0 Å². The third-order valence-corrected chi connectivity index (χ3v) is 5.49. The third kappa shape index (κ3) is 3.75. The molecule has 3 atom stereocenters. The zero-order valence-corrected chi connectivity index (χ0v) is 13.6. The Bertz CT molecular complexity index is 284. The maximum absolute atomic E-state index is 6.25. The number of likely N-dealkylation sites (tertiary alicyclic amines) is 1. The normalized spacial score (nSPS) is 36.1. The van der Waals surface area contributed by atoms with Crippen LogP contribution in [0, 0.1) is 5.92 Å². The van der Waals surface area contributed by atoms with E-state index < -0.39 is 0 Å². The summed E-state index contributed by atoms with van der Waals surface area (Å²) in [5.74, 6) is 0.879. The van der Waals surface area contributed by atoms with Gasteiger partial charge in [0.1, 0.15) is 0 Å². The van der Waals surface area contributed by atoms with Gasteiger partial charge >= 0.3 is 0 Å². The predicted molar refractivity (Wildman–Crippen MR) is 84.9 cm³/mol. The lowest BCUT2D eigenvalue weighted by Gasteiger charge is -2.51. The maximum atomic E-state index is 6.25. The molecule has 0 aromatic heterocycles. The van der Waals surface area contributed by atoms with Gasteiger partial charge in [-0.25, -0.2) is 0 Å². The van der Waals surface area contributed by atoms with Crippen LogP contribution < -0.4 is 5.73 Å². The average Bonchev–Trinajstić information content (AvgIpc) is 2.53. The topological polar surface area (TPSA) is 38.5 Å². The Kier molecular flexibility index (Phi) is 6.31. The van der Waals surface area contributed by atoms with Crippen LogP contribution in [-0.2, 0) is 4.74 Å². The van der Waals surface area contributed by atoms with Crippen LogP contribution in [0.5, 0.6) is 0 Å². The lowest BCUT2D eigenvalue weighted by molar-refractivity contribution is -0.0530. The molecule has 1 aliphatic carbocycles. The predicted octanol–water partition coefficient (Wildman–Crippen LogP) is 3.18. The average molecular weight is 282 g/mol. The van der Waals surface area contributed by atoms with E-state index in [9.17, 15) is 0 Å². The number of nitrogens with two attached hydrogens (primary N) is 1. The summed E-state index contributed by atoms with van der Waals surface area (Å²) in [5.41, 5.74) is 6.52. The molecule has 1 heterocycles. The van der Waals surface area contributed by atoms with E-state index in [1.54, 1.807) is 0 Å². The van der Waals surface area contributed by atoms with Crippen molar-refractivity contribution in [2.45, 2.75) is 76.9 Å². The van der Waals surface area contributed by atoms with Gasteiger partial charge in [-0.15, -0.1) is 0 Å². The van der Waals surface area contributed by atoms with Gasteiger partial charge in [-0.05, 0) is 44.6 Å². The minimum Gasteiger partial charge on any atom is -0.377 e. The second-order valence-corrected chi connectivity index (χ2v) is 6.88. The highest BCUT2D eigenvalue weighted by Crippen LogP contribution is 2.39. The minimum atomic E-state index is 0.271. The molecule has 1 saturated carbocycles. The summed E-state index contributed by atoms with van der Waals surface area (Å²) in [6, 6.07) is 0. The Morgan fingerprint density at radius 2 is 2.10 bits per heavy atom. The fraction of sp³-hybridized carbons (Fsp3) is 1.00. The lowest BCUT2D eigenvalue weighted by Crippen LogP contribution is -2.60. The lowest BCUT2D eigenvalue weighted by atomic mass is 9.73. The van der Waals surface area contributed by atoms with Crippen LogP contribution in [0.25, 0.3) is 0 Å². The molecule has 2 aliphatic rings. The highest BCUT2D eigenvalue weighted by Gasteiger charge is 2.41. The van der Waals surface area contributed by atoms with Gasteiger partial charge in [-0.2, -0.15) is 0 Å². The molecule has 1 aliphatic heterocycles. The molecular formula is C17H34N2O. The van der Waals surface area contributed by atoms with Gasteiger partial charge in [0.2, 0.25) is 0 Å². The van der Waals surface area contributed by atoms with Gasteiger partial charge in [0.05, 0.1) is 6.10 Å². The van der Waals surface area contributed by atoms with E-state index in [2.05, 4.69) is 18.7 Å². The first-order chi connectivity index (χ1) is 9.74. The molecule has 0 radical (unpaired) electrons. The molecule has 0 bridgehead atoms. The summed E-state index contributed by atoms with van der Waals surface area (Å²) in [6.07, 6.45) is 10.7. The highest BCUT2D eigenvalue weighted by atomic mass is 16.5. The molecule has 3 heteroatoms. The monoisotopic (exact) mass is 282 g/mol. The molecule has 2 N–H and O–H groups in total. The summed E-state index contributed by atoms with van der Waals surface area (Å²) in [5, 5.41) is 0. The van der Waals surface area contributed by atoms with Crippen molar-refractivity contribution in [3.05, 3.63) is 0 Å². The summed E-state index contributed by atoms with van der Waals surface area (Å²) >= 11 is 0. The summed E-state index contributed by atoms with van der Waals surface area (Å²) in [4.78, 5) is 2.69. The van der Waals surface area contributed by atoms with E-state index in [0.29, 0.717) is 6.10 Å². The van der Waals surface area contributed by atoms with Crippen LogP contribution in [0.2, 0.25) is 0 Å². The fourth-order valence-electron chi connectivity index (χ4n) is 4.20. The first kappa shape index (κ1) is 16.3. The molecule has 3 unspecified atom stereocenters. The Labute approximate surface area is 125 Å². The van der Waals surface area contributed by atoms with Crippen molar-refractivity contribution in [1.82, 2.24) is 4.90 Å². The number of hydrogen-bond acceptors (Lipinski definition) is 3. The summed E-state index contributed by atoms with van der Waals surface area (Å²) in [6.45, 7) is 8.58. The quantitative estimate of drug-likeness (QED) is 0.813. The highest BCUT2D eigenvalue weighted by molar-refractivity contribution is 4.98. The summed E-state index contributed by atoms with van der Waals surface area (Å²) < 4.78 is 6.01. The SMILES string of the molecule is CCCOC1CCCN(C2(CN)CCCC(CC)C2)C1. The molecule has 3 nitrogen and oxygen atoms in total. The molecule has 20 heavy (non-hydrogen) atoms. The van der Waals surface area contributed by atoms with Gasteiger partial charge in [0.25, 0.3) is 0 Å². The molecule has 118 valence electrons. The van der Waals surface area contributed by atoms with Crippen molar-refractivity contribution in [3.63, 3.8) is 0 Å². The first-order valence-electron chi connectivity index (χ1n) is 8.80. The van der Waals surface area contributed by atoms with Crippen LogP contribution in [0.15, 0.2) is 0 Å². The molecule has 0 spiro atoms. The smallest absolute Gasteiger partial charge is 0.0702 e. The standard InChI is InChI=1S/C17H34N2O/c1-3-11-20-16-8-6-10-19(13-16)17(14-18)9-5-7-15(4-2)12-17/h15-16H,3-14,18H2,1-2H3. The number of piperidine rings is 1. The Morgan fingerprint density at radius 1 is 1.25 bits per heavy atom. The molecule has 1 saturated heterocycles. The number of ether oxygens (including phenoxy) is 1. The molecule has 2 fully saturated rings. The van der Waals surface area contributed by atoms with Gasteiger partial charge in [0.15, 0.2) is 0 Å². The van der Waals surface area contributed by atoms with Crippen molar-refractivity contribution in [2.75, 3.05) is 26.2 Å². The number of hydrogen-bond donors (Lipinski definition) is 1. The summed E-state index contributed by atoms with van der Waals surface area (Å²) in [7, 11) is 0. The van der Waals surface area contributed by atoms with E-state index >= 15 is 0 Å². The van der Waals surface area contributed by atoms with E-state index in [0.717, 1.165) is 32.0 Å². The fourth-order valence-corrected chi connectivity index (χ4v) is 4.20. The molecule has 0 aromatic carbocycles. The van der Waals surface area contributed by atoms with Gasteiger partial charge in [-0.3, -0.25) is 4.90 Å². The Morgan fingerprint density at radius 3 is 2.80 bits per heavy atom. The van der Waals surface area contributed by atoms with Gasteiger partial charge in [-0.1, -0.05) is 33.1 Å². The third-order valence-electron chi connectivity index (χ3n) is 5.49. The van der Waals surface area contributed by atoms with Crippen molar-refractivity contribution in [3.8, 4) is 0 Å². The minimum absolute atomic E-state index is 0.271. The van der Waals surface area contributed by atoms with Crippen molar-refractivity contribution >= 4 is 0 Å².